The molecule has 19 heavy (non-hydrogen) atoms. The van der Waals surface area contributed by atoms with Gasteiger partial charge in [0.2, 0.25) is 0 Å². The molecule has 0 aliphatic heterocycles. The number of hydrogen-bond acceptors (Lipinski definition) is 5. The van der Waals surface area contributed by atoms with Crippen LogP contribution in [0.5, 0.6) is 0 Å². The summed E-state index contributed by atoms with van der Waals surface area (Å²) in [5.41, 5.74) is 7.34. The molecule has 0 amide bonds. The van der Waals surface area contributed by atoms with Gasteiger partial charge in [0, 0.05) is 30.3 Å². The van der Waals surface area contributed by atoms with Gasteiger partial charge in [-0.25, -0.2) is 4.79 Å². The first-order valence-electron chi connectivity index (χ1n) is 5.90. The molecule has 0 aliphatic carbocycles. The van der Waals surface area contributed by atoms with Crippen molar-refractivity contribution in [1.29, 1.82) is 0 Å². The van der Waals surface area contributed by atoms with Crippen molar-refractivity contribution in [3.8, 4) is 0 Å². The predicted molar refractivity (Wildman–Crippen MR) is 72.9 cm³/mol. The highest BCUT2D eigenvalue weighted by atomic mass is 16.5. The highest BCUT2D eigenvalue weighted by Gasteiger charge is 2.11. The third-order valence-electron chi connectivity index (χ3n) is 2.66. The molecule has 2 aromatic rings. The van der Waals surface area contributed by atoms with Crippen LogP contribution < -0.4 is 11.1 Å². The van der Waals surface area contributed by atoms with Gasteiger partial charge in [0.15, 0.2) is 0 Å². The van der Waals surface area contributed by atoms with Crippen LogP contribution in [-0.2, 0) is 11.3 Å². The molecule has 0 aliphatic rings. The zero-order valence-electron chi connectivity index (χ0n) is 10.7. The molecule has 0 radical (unpaired) electrons. The summed E-state index contributed by atoms with van der Waals surface area (Å²) in [4.78, 5) is 11.6. The Hall–Kier alpha value is -2.50. The predicted octanol–water partition coefficient (Wildman–Crippen LogP) is 1.36. The molecule has 2 rings (SSSR count). The number of nitrogens with zero attached hydrogens (tertiary/aromatic N) is 2. The second kappa shape index (κ2) is 5.90. The summed E-state index contributed by atoms with van der Waals surface area (Å²) in [6.07, 6.45) is 3.61. The third kappa shape index (κ3) is 3.25. The van der Waals surface area contributed by atoms with Gasteiger partial charge >= 0.3 is 5.97 Å². The molecule has 0 spiro atoms. The molecule has 0 saturated carbocycles. The van der Waals surface area contributed by atoms with E-state index in [-0.39, 0.29) is 0 Å². The maximum absolute atomic E-state index is 11.6. The van der Waals surface area contributed by atoms with Crippen molar-refractivity contribution in [2.75, 3.05) is 24.7 Å². The van der Waals surface area contributed by atoms with Crippen molar-refractivity contribution in [3.05, 3.63) is 42.2 Å². The molecule has 3 N–H and O–H groups in total. The maximum Gasteiger partial charge on any atom is 0.340 e. The molecular formula is C13H16N4O2. The van der Waals surface area contributed by atoms with E-state index < -0.39 is 5.97 Å². The Labute approximate surface area is 111 Å². The standard InChI is InChI=1S/C13H16N4O2/c1-19-13(18)11-9-10(14)3-4-12(11)15-6-8-17-7-2-5-16-17/h2-5,7,9,15H,6,8,14H2,1H3. The Morgan fingerprint density at radius 2 is 2.37 bits per heavy atom. The molecule has 1 heterocycles. The number of esters is 1. The third-order valence-corrected chi connectivity index (χ3v) is 2.66. The van der Waals surface area contributed by atoms with E-state index in [1.807, 2.05) is 16.9 Å². The van der Waals surface area contributed by atoms with Gasteiger partial charge in [-0.3, -0.25) is 4.68 Å². The van der Waals surface area contributed by atoms with Crippen molar-refractivity contribution >= 4 is 17.3 Å². The summed E-state index contributed by atoms with van der Waals surface area (Å²) in [7, 11) is 1.35. The Balaban J connectivity index is 2.04. The summed E-state index contributed by atoms with van der Waals surface area (Å²) in [6, 6.07) is 6.97. The van der Waals surface area contributed by atoms with E-state index in [0.29, 0.717) is 30.0 Å². The van der Waals surface area contributed by atoms with Crippen LogP contribution in [0.3, 0.4) is 0 Å². The van der Waals surface area contributed by atoms with Crippen LogP contribution in [0.4, 0.5) is 11.4 Å². The fourth-order valence-electron chi connectivity index (χ4n) is 1.73. The molecule has 100 valence electrons. The van der Waals surface area contributed by atoms with E-state index in [0.717, 1.165) is 0 Å². The number of nitrogens with two attached hydrogens (primary N) is 1. The lowest BCUT2D eigenvalue weighted by Gasteiger charge is -2.11. The van der Waals surface area contributed by atoms with Gasteiger partial charge in [0.25, 0.3) is 0 Å². The van der Waals surface area contributed by atoms with E-state index in [2.05, 4.69) is 10.4 Å². The minimum absolute atomic E-state index is 0.408. The number of methoxy groups -OCH3 is 1. The van der Waals surface area contributed by atoms with Gasteiger partial charge in [0.05, 0.1) is 19.2 Å². The van der Waals surface area contributed by atoms with Gasteiger partial charge in [-0.1, -0.05) is 0 Å². The van der Waals surface area contributed by atoms with E-state index >= 15 is 0 Å². The van der Waals surface area contributed by atoms with Gasteiger partial charge < -0.3 is 15.8 Å². The van der Waals surface area contributed by atoms with E-state index in [1.54, 1.807) is 24.4 Å². The van der Waals surface area contributed by atoms with Gasteiger partial charge in [-0.05, 0) is 24.3 Å². The van der Waals surface area contributed by atoms with E-state index in [4.69, 9.17) is 10.5 Å². The summed E-state index contributed by atoms with van der Waals surface area (Å²) in [6.45, 7) is 1.35. The van der Waals surface area contributed by atoms with Gasteiger partial charge in [-0.15, -0.1) is 0 Å². The molecular weight excluding hydrogens is 244 g/mol. The van der Waals surface area contributed by atoms with Crippen molar-refractivity contribution in [1.82, 2.24) is 9.78 Å². The van der Waals surface area contributed by atoms with Gasteiger partial charge in [-0.2, -0.15) is 5.10 Å². The van der Waals surface area contributed by atoms with Crippen LogP contribution in [0, 0.1) is 0 Å². The molecule has 1 aromatic carbocycles. The molecule has 0 atom stereocenters. The lowest BCUT2D eigenvalue weighted by molar-refractivity contribution is 0.0602. The average Bonchev–Trinajstić information content (AvgIpc) is 2.92. The number of hydrogen-bond donors (Lipinski definition) is 2. The normalized spacial score (nSPS) is 10.2. The number of nitrogen functional groups attached to an aromatic ring is 1. The van der Waals surface area contributed by atoms with Crippen molar-refractivity contribution < 1.29 is 9.53 Å². The average molecular weight is 260 g/mol. The highest BCUT2D eigenvalue weighted by Crippen LogP contribution is 2.19. The topological polar surface area (TPSA) is 82.2 Å². The Morgan fingerprint density at radius 3 is 3.05 bits per heavy atom. The Bertz CT molecular complexity index is 552. The summed E-state index contributed by atoms with van der Waals surface area (Å²) < 4.78 is 6.54. The first kappa shape index (κ1) is 12.9. The van der Waals surface area contributed by atoms with E-state index in [1.165, 1.54) is 7.11 Å². The molecule has 1 aromatic heterocycles. The van der Waals surface area contributed by atoms with Crippen LogP contribution in [0.2, 0.25) is 0 Å². The first-order valence-corrected chi connectivity index (χ1v) is 5.90. The molecule has 0 unspecified atom stereocenters. The molecule has 0 fully saturated rings. The smallest absolute Gasteiger partial charge is 0.340 e. The maximum atomic E-state index is 11.6. The number of carbonyl (C=O) groups is 1. The minimum Gasteiger partial charge on any atom is -0.465 e. The lowest BCUT2D eigenvalue weighted by Crippen LogP contribution is -2.14. The minimum atomic E-state index is -0.408. The molecule has 6 heteroatoms. The fourth-order valence-corrected chi connectivity index (χ4v) is 1.73. The second-order valence-electron chi connectivity index (χ2n) is 3.99. The van der Waals surface area contributed by atoms with Crippen LogP contribution in [0.15, 0.2) is 36.7 Å². The van der Waals surface area contributed by atoms with Crippen molar-refractivity contribution in [2.45, 2.75) is 6.54 Å². The van der Waals surface area contributed by atoms with Crippen molar-refractivity contribution in [2.24, 2.45) is 0 Å². The number of ether oxygens (including phenoxy) is 1. The monoisotopic (exact) mass is 260 g/mol. The zero-order valence-corrected chi connectivity index (χ0v) is 10.7. The number of anilines is 2. The number of rotatable bonds is 5. The largest absolute Gasteiger partial charge is 0.465 e. The quantitative estimate of drug-likeness (QED) is 0.626. The number of aromatic nitrogens is 2. The first-order chi connectivity index (χ1) is 9.20. The van der Waals surface area contributed by atoms with Crippen LogP contribution in [0.25, 0.3) is 0 Å². The SMILES string of the molecule is COC(=O)c1cc(N)ccc1NCCn1cccn1. The van der Waals surface area contributed by atoms with Crippen molar-refractivity contribution in [3.63, 3.8) is 0 Å². The molecule has 0 bridgehead atoms. The van der Waals surface area contributed by atoms with E-state index in [9.17, 15) is 4.79 Å². The number of carbonyl (C=O) groups excluding carboxylic acids is 1. The Morgan fingerprint density at radius 1 is 1.53 bits per heavy atom. The molecule has 6 nitrogen and oxygen atoms in total. The zero-order chi connectivity index (χ0) is 13.7. The Kier molecular flexibility index (Phi) is 4.02. The lowest BCUT2D eigenvalue weighted by atomic mass is 10.1. The molecule has 0 saturated heterocycles. The highest BCUT2D eigenvalue weighted by molar-refractivity contribution is 5.96. The fraction of sp³-hybridized carbons (Fsp3) is 0.231. The van der Waals surface area contributed by atoms with Crippen LogP contribution >= 0.6 is 0 Å². The summed E-state index contributed by atoms with van der Waals surface area (Å²) in [5, 5.41) is 7.28. The second-order valence-corrected chi connectivity index (χ2v) is 3.99. The number of benzene rings is 1. The van der Waals surface area contributed by atoms with Crippen LogP contribution in [-0.4, -0.2) is 29.4 Å². The van der Waals surface area contributed by atoms with Gasteiger partial charge in [0.1, 0.15) is 0 Å². The summed E-state index contributed by atoms with van der Waals surface area (Å²) >= 11 is 0. The number of nitrogens with one attached hydrogen (secondary N) is 1. The summed E-state index contributed by atoms with van der Waals surface area (Å²) in [5.74, 6) is -0.408. The van der Waals surface area contributed by atoms with Crippen LogP contribution in [0.1, 0.15) is 10.4 Å².